The van der Waals surface area contributed by atoms with Crippen LogP contribution >= 0.6 is 0 Å². The predicted molar refractivity (Wildman–Crippen MR) is 54.8 cm³/mol. The Labute approximate surface area is 96.4 Å². The molecule has 1 aliphatic heterocycles. The maximum atomic E-state index is 12.7. The van der Waals surface area contributed by atoms with Crippen LogP contribution in [0.25, 0.3) is 0 Å². The largest absolute Gasteiger partial charge is 0.480 e. The van der Waals surface area contributed by atoms with Gasteiger partial charge in [-0.05, 0) is 17.7 Å². The molecule has 1 aliphatic rings. The van der Waals surface area contributed by atoms with Crippen LogP contribution in [0.15, 0.2) is 24.3 Å². The lowest BCUT2D eigenvalue weighted by molar-refractivity contribution is -0.137. The molecule has 2 rings (SSSR count). The molecule has 17 heavy (non-hydrogen) atoms. The van der Waals surface area contributed by atoms with Gasteiger partial charge in [-0.15, -0.1) is 0 Å². The molecular weight excluding hydrogens is 229 g/mol. The quantitative estimate of drug-likeness (QED) is 0.865. The topological polar surface area (TPSA) is 66.8 Å². The molecule has 1 unspecified atom stereocenters. The Morgan fingerprint density at radius 1 is 1.47 bits per heavy atom. The van der Waals surface area contributed by atoms with Crippen LogP contribution in [0.4, 0.5) is 9.18 Å². The Morgan fingerprint density at radius 3 is 2.71 bits per heavy atom. The van der Waals surface area contributed by atoms with E-state index < -0.39 is 24.7 Å². The van der Waals surface area contributed by atoms with Gasteiger partial charge in [0.1, 0.15) is 18.5 Å². The van der Waals surface area contributed by atoms with E-state index in [9.17, 15) is 14.0 Å². The molecular formula is C11H10FNO4. The molecule has 0 bridgehead atoms. The van der Waals surface area contributed by atoms with E-state index in [0.717, 1.165) is 4.90 Å². The average molecular weight is 239 g/mol. The SMILES string of the molecule is O=C(O)CN1CC(c2ccc(F)cc2)OC1=O. The summed E-state index contributed by atoms with van der Waals surface area (Å²) in [6.45, 7) is -0.229. The van der Waals surface area contributed by atoms with Crippen molar-refractivity contribution >= 4 is 12.1 Å². The zero-order valence-electron chi connectivity index (χ0n) is 8.80. The number of carboxylic acids is 1. The summed E-state index contributed by atoms with van der Waals surface area (Å²) >= 11 is 0. The highest BCUT2D eigenvalue weighted by Gasteiger charge is 2.33. The molecule has 5 nitrogen and oxygen atoms in total. The lowest BCUT2D eigenvalue weighted by Gasteiger charge is -2.09. The Morgan fingerprint density at radius 2 is 2.12 bits per heavy atom. The van der Waals surface area contributed by atoms with Gasteiger partial charge in [0, 0.05) is 0 Å². The number of cyclic esters (lactones) is 1. The van der Waals surface area contributed by atoms with Crippen LogP contribution in [0.2, 0.25) is 0 Å². The third-order valence-electron chi connectivity index (χ3n) is 2.46. The van der Waals surface area contributed by atoms with Crippen molar-refractivity contribution < 1.29 is 23.8 Å². The van der Waals surface area contributed by atoms with E-state index in [1.807, 2.05) is 0 Å². The minimum Gasteiger partial charge on any atom is -0.480 e. The van der Waals surface area contributed by atoms with Gasteiger partial charge in [0.25, 0.3) is 0 Å². The molecule has 6 heteroatoms. The van der Waals surface area contributed by atoms with Gasteiger partial charge < -0.3 is 9.84 Å². The Bertz CT molecular complexity index is 445. The van der Waals surface area contributed by atoms with Gasteiger partial charge >= 0.3 is 12.1 Å². The van der Waals surface area contributed by atoms with Crippen LogP contribution < -0.4 is 0 Å². The normalized spacial score (nSPS) is 19.2. The zero-order valence-corrected chi connectivity index (χ0v) is 8.80. The van der Waals surface area contributed by atoms with Gasteiger partial charge in [0.15, 0.2) is 0 Å². The fourth-order valence-corrected chi connectivity index (χ4v) is 1.65. The second-order valence-corrected chi connectivity index (χ2v) is 3.70. The highest BCUT2D eigenvalue weighted by atomic mass is 19.1. The maximum Gasteiger partial charge on any atom is 0.411 e. The van der Waals surface area contributed by atoms with Gasteiger partial charge in [0.05, 0.1) is 6.54 Å². The minimum atomic E-state index is -1.10. The van der Waals surface area contributed by atoms with Crippen LogP contribution in [-0.4, -0.2) is 35.2 Å². The van der Waals surface area contributed by atoms with Gasteiger partial charge in [-0.25, -0.2) is 9.18 Å². The molecule has 1 amide bonds. The van der Waals surface area contributed by atoms with E-state index in [1.54, 1.807) is 0 Å². The van der Waals surface area contributed by atoms with Crippen LogP contribution in [0.5, 0.6) is 0 Å². The number of amides is 1. The fourth-order valence-electron chi connectivity index (χ4n) is 1.65. The standard InChI is InChI=1S/C11H10FNO4/c12-8-3-1-7(2-4-8)9-5-13(6-10(14)15)11(16)17-9/h1-4,9H,5-6H2,(H,14,15). The van der Waals surface area contributed by atoms with E-state index >= 15 is 0 Å². The molecule has 0 aliphatic carbocycles. The van der Waals surface area contributed by atoms with Crippen LogP contribution in [0, 0.1) is 5.82 Å². The molecule has 1 saturated heterocycles. The molecule has 1 N–H and O–H groups in total. The number of hydrogen-bond donors (Lipinski definition) is 1. The number of halogens is 1. The zero-order chi connectivity index (χ0) is 12.4. The molecule has 1 atom stereocenters. The van der Waals surface area contributed by atoms with Crippen molar-refractivity contribution in [3.63, 3.8) is 0 Å². The summed E-state index contributed by atoms with van der Waals surface area (Å²) in [4.78, 5) is 22.9. The average Bonchev–Trinajstić information content (AvgIpc) is 2.60. The van der Waals surface area contributed by atoms with Crippen LogP contribution in [-0.2, 0) is 9.53 Å². The lowest BCUT2D eigenvalue weighted by Crippen LogP contribution is -2.30. The van der Waals surface area contributed by atoms with Crippen molar-refractivity contribution in [2.45, 2.75) is 6.10 Å². The molecule has 90 valence electrons. The smallest absolute Gasteiger partial charge is 0.411 e. The number of rotatable bonds is 3. The minimum absolute atomic E-state index is 0.163. The summed E-state index contributed by atoms with van der Waals surface area (Å²) in [5.74, 6) is -1.47. The Hall–Kier alpha value is -2.11. The number of carbonyl (C=O) groups excluding carboxylic acids is 1. The molecule has 1 aromatic carbocycles. The fraction of sp³-hybridized carbons (Fsp3) is 0.273. The summed E-state index contributed by atoms with van der Waals surface area (Å²) in [6, 6.07) is 5.56. The lowest BCUT2D eigenvalue weighted by atomic mass is 10.1. The Kier molecular flexibility index (Phi) is 2.95. The second-order valence-electron chi connectivity index (χ2n) is 3.70. The monoisotopic (exact) mass is 239 g/mol. The van der Waals surface area contributed by atoms with Crippen molar-refractivity contribution in [1.82, 2.24) is 4.90 Å². The van der Waals surface area contributed by atoms with Crippen LogP contribution in [0.3, 0.4) is 0 Å². The van der Waals surface area contributed by atoms with E-state index in [1.165, 1.54) is 24.3 Å². The first kappa shape index (κ1) is 11.4. The first-order valence-corrected chi connectivity index (χ1v) is 4.99. The van der Waals surface area contributed by atoms with E-state index in [2.05, 4.69) is 0 Å². The van der Waals surface area contributed by atoms with Crippen molar-refractivity contribution in [3.8, 4) is 0 Å². The van der Waals surface area contributed by atoms with Crippen molar-refractivity contribution in [2.75, 3.05) is 13.1 Å². The molecule has 0 saturated carbocycles. The Balaban J connectivity index is 2.08. The third-order valence-corrected chi connectivity index (χ3v) is 2.46. The summed E-state index contributed by atoms with van der Waals surface area (Å²) < 4.78 is 17.7. The number of hydrogen-bond acceptors (Lipinski definition) is 3. The first-order valence-electron chi connectivity index (χ1n) is 4.99. The molecule has 1 heterocycles. The van der Waals surface area contributed by atoms with E-state index in [0.29, 0.717) is 5.56 Å². The predicted octanol–water partition coefficient (Wildman–Crippen LogP) is 1.40. The third kappa shape index (κ3) is 2.52. The summed E-state index contributed by atoms with van der Waals surface area (Å²) in [5, 5.41) is 8.59. The van der Waals surface area contributed by atoms with Gasteiger partial charge in [-0.2, -0.15) is 0 Å². The summed E-state index contributed by atoms with van der Waals surface area (Å²) in [6.07, 6.45) is -1.20. The van der Waals surface area contributed by atoms with Crippen molar-refractivity contribution in [2.24, 2.45) is 0 Å². The van der Waals surface area contributed by atoms with Gasteiger partial charge in [-0.1, -0.05) is 12.1 Å². The number of nitrogens with zero attached hydrogens (tertiary/aromatic N) is 1. The molecule has 1 fully saturated rings. The number of ether oxygens (including phenoxy) is 1. The van der Waals surface area contributed by atoms with Gasteiger partial charge in [-0.3, -0.25) is 9.69 Å². The number of carbonyl (C=O) groups is 2. The second kappa shape index (κ2) is 4.40. The van der Waals surface area contributed by atoms with Crippen molar-refractivity contribution in [3.05, 3.63) is 35.6 Å². The summed E-state index contributed by atoms with van der Waals surface area (Å²) in [5.41, 5.74) is 0.646. The number of carboxylic acid groups (broad SMARTS) is 1. The number of aliphatic carboxylic acids is 1. The van der Waals surface area contributed by atoms with Gasteiger partial charge in [0.2, 0.25) is 0 Å². The highest BCUT2D eigenvalue weighted by molar-refractivity contribution is 5.78. The molecule has 0 aromatic heterocycles. The van der Waals surface area contributed by atoms with E-state index in [4.69, 9.17) is 9.84 Å². The molecule has 0 spiro atoms. The molecule has 1 aromatic rings. The molecule has 0 radical (unpaired) electrons. The highest BCUT2D eigenvalue weighted by Crippen LogP contribution is 2.25. The van der Waals surface area contributed by atoms with Crippen molar-refractivity contribution in [1.29, 1.82) is 0 Å². The number of benzene rings is 1. The summed E-state index contributed by atoms with van der Waals surface area (Å²) in [7, 11) is 0. The maximum absolute atomic E-state index is 12.7. The first-order chi connectivity index (χ1) is 8.06. The van der Waals surface area contributed by atoms with Crippen LogP contribution in [0.1, 0.15) is 11.7 Å². The van der Waals surface area contributed by atoms with E-state index in [-0.39, 0.29) is 12.4 Å².